The molecule has 3 atom stereocenters. The maximum Gasteiger partial charge on any atom is 0.251 e. The Balaban J connectivity index is 1.92. The fraction of sp³-hybridized carbons (Fsp3) is 0.533. The average Bonchev–Trinajstić information content (AvgIpc) is 2.80. The molecule has 0 aliphatic heterocycles. The molecule has 3 N–H and O–H groups in total. The molecule has 1 aliphatic carbocycles. The van der Waals surface area contributed by atoms with Gasteiger partial charge in [0.1, 0.15) is 5.75 Å². The van der Waals surface area contributed by atoms with Gasteiger partial charge in [0.05, 0.1) is 12.7 Å². The summed E-state index contributed by atoms with van der Waals surface area (Å²) in [6, 6.07) is 6.88. The van der Waals surface area contributed by atoms with Gasteiger partial charge in [-0.05, 0) is 44.0 Å². The van der Waals surface area contributed by atoms with Gasteiger partial charge in [0.2, 0.25) is 0 Å². The van der Waals surface area contributed by atoms with Crippen LogP contribution in [0.25, 0.3) is 0 Å². The van der Waals surface area contributed by atoms with Gasteiger partial charge in [-0.3, -0.25) is 4.79 Å². The number of carbonyl (C=O) groups excluding carboxylic acids is 1. The molecule has 0 unspecified atom stereocenters. The van der Waals surface area contributed by atoms with Gasteiger partial charge >= 0.3 is 0 Å². The number of amides is 1. The SMILES string of the molecule is CCOc1ccc(C(=O)N[C@H]2C[C@H](CO)[C@@H](O)C2)cc1. The fourth-order valence-electron chi connectivity index (χ4n) is 2.55. The van der Waals surface area contributed by atoms with E-state index in [-0.39, 0.29) is 24.5 Å². The van der Waals surface area contributed by atoms with E-state index in [9.17, 15) is 9.90 Å². The number of aliphatic hydroxyl groups excluding tert-OH is 2. The third-order valence-corrected chi connectivity index (χ3v) is 3.65. The lowest BCUT2D eigenvalue weighted by atomic mass is 10.1. The van der Waals surface area contributed by atoms with Gasteiger partial charge in [0, 0.05) is 24.1 Å². The highest BCUT2D eigenvalue weighted by Gasteiger charge is 2.33. The molecule has 1 fully saturated rings. The van der Waals surface area contributed by atoms with Crippen molar-refractivity contribution >= 4 is 5.91 Å². The second-order valence-electron chi connectivity index (χ2n) is 5.11. The van der Waals surface area contributed by atoms with Crippen molar-refractivity contribution in [3.8, 4) is 5.75 Å². The highest BCUT2D eigenvalue weighted by atomic mass is 16.5. The minimum Gasteiger partial charge on any atom is -0.494 e. The molecule has 0 heterocycles. The van der Waals surface area contributed by atoms with Gasteiger partial charge < -0.3 is 20.3 Å². The zero-order valence-electron chi connectivity index (χ0n) is 11.6. The van der Waals surface area contributed by atoms with Crippen LogP contribution in [0.15, 0.2) is 24.3 Å². The molecule has 110 valence electrons. The number of ether oxygens (including phenoxy) is 1. The van der Waals surface area contributed by atoms with Crippen LogP contribution in [0.1, 0.15) is 30.1 Å². The van der Waals surface area contributed by atoms with Crippen molar-refractivity contribution in [3.05, 3.63) is 29.8 Å². The summed E-state index contributed by atoms with van der Waals surface area (Å²) in [6.45, 7) is 2.45. The van der Waals surface area contributed by atoms with E-state index in [0.717, 1.165) is 5.75 Å². The number of hydrogen-bond acceptors (Lipinski definition) is 4. The van der Waals surface area contributed by atoms with E-state index in [2.05, 4.69) is 5.32 Å². The standard InChI is InChI=1S/C15H21NO4/c1-2-20-13-5-3-10(4-6-13)15(19)16-12-7-11(9-17)14(18)8-12/h3-6,11-12,14,17-18H,2,7-9H2,1H3,(H,16,19)/t11-,12+,14+/m1/s1. The van der Waals surface area contributed by atoms with Crippen LogP contribution in [-0.2, 0) is 0 Å². The van der Waals surface area contributed by atoms with E-state index < -0.39 is 6.10 Å². The van der Waals surface area contributed by atoms with Gasteiger partial charge in [-0.25, -0.2) is 0 Å². The summed E-state index contributed by atoms with van der Waals surface area (Å²) < 4.78 is 5.32. The van der Waals surface area contributed by atoms with E-state index in [1.807, 2.05) is 6.92 Å². The second-order valence-corrected chi connectivity index (χ2v) is 5.11. The molecule has 5 nitrogen and oxygen atoms in total. The Kier molecular flexibility index (Phi) is 4.98. The number of nitrogens with one attached hydrogen (secondary N) is 1. The first-order valence-corrected chi connectivity index (χ1v) is 6.96. The summed E-state index contributed by atoms with van der Waals surface area (Å²) in [4.78, 5) is 12.1. The van der Waals surface area contributed by atoms with Crippen LogP contribution in [0.4, 0.5) is 0 Å². The lowest BCUT2D eigenvalue weighted by Crippen LogP contribution is -2.33. The summed E-state index contributed by atoms with van der Waals surface area (Å²) in [5.41, 5.74) is 0.565. The molecule has 5 heteroatoms. The summed E-state index contributed by atoms with van der Waals surface area (Å²) in [5, 5.41) is 21.7. The van der Waals surface area contributed by atoms with Crippen molar-refractivity contribution in [3.63, 3.8) is 0 Å². The molecule has 0 saturated heterocycles. The number of rotatable bonds is 5. The van der Waals surface area contributed by atoms with Crippen molar-refractivity contribution in [2.45, 2.75) is 31.9 Å². The zero-order chi connectivity index (χ0) is 14.5. The maximum atomic E-state index is 12.1. The zero-order valence-corrected chi connectivity index (χ0v) is 11.6. The highest BCUT2D eigenvalue weighted by Crippen LogP contribution is 2.26. The number of aliphatic hydroxyl groups is 2. The molecule has 2 rings (SSSR count). The van der Waals surface area contributed by atoms with Crippen molar-refractivity contribution in [2.24, 2.45) is 5.92 Å². The van der Waals surface area contributed by atoms with Gasteiger partial charge in [-0.2, -0.15) is 0 Å². The molecule has 0 bridgehead atoms. The van der Waals surface area contributed by atoms with Crippen LogP contribution in [-0.4, -0.2) is 41.5 Å². The molecule has 1 aliphatic rings. The maximum absolute atomic E-state index is 12.1. The number of benzene rings is 1. The molecular formula is C15H21NO4. The van der Waals surface area contributed by atoms with Crippen LogP contribution in [0, 0.1) is 5.92 Å². The Labute approximate surface area is 118 Å². The summed E-state index contributed by atoms with van der Waals surface area (Å²) >= 11 is 0. The smallest absolute Gasteiger partial charge is 0.251 e. The molecule has 20 heavy (non-hydrogen) atoms. The third kappa shape index (κ3) is 3.49. The highest BCUT2D eigenvalue weighted by molar-refractivity contribution is 5.94. The Morgan fingerprint density at radius 1 is 1.35 bits per heavy atom. The first kappa shape index (κ1) is 14.8. The first-order chi connectivity index (χ1) is 9.63. The summed E-state index contributed by atoms with van der Waals surface area (Å²) in [5.74, 6) is 0.435. The van der Waals surface area contributed by atoms with Gasteiger partial charge in [0.25, 0.3) is 5.91 Å². The Hall–Kier alpha value is -1.59. The van der Waals surface area contributed by atoms with Gasteiger partial charge in [0.15, 0.2) is 0 Å². The normalized spacial score (nSPS) is 25.4. The quantitative estimate of drug-likeness (QED) is 0.749. The molecule has 1 amide bonds. The van der Waals surface area contributed by atoms with E-state index in [4.69, 9.17) is 9.84 Å². The molecule has 1 aromatic carbocycles. The monoisotopic (exact) mass is 279 g/mol. The minimum absolute atomic E-state index is 0.0450. The number of carbonyl (C=O) groups is 1. The fourth-order valence-corrected chi connectivity index (χ4v) is 2.55. The van der Waals surface area contributed by atoms with E-state index in [1.165, 1.54) is 0 Å². The van der Waals surface area contributed by atoms with Crippen LogP contribution < -0.4 is 10.1 Å². The minimum atomic E-state index is -0.536. The van der Waals surface area contributed by atoms with Crippen LogP contribution >= 0.6 is 0 Å². The van der Waals surface area contributed by atoms with Gasteiger partial charge in [-0.1, -0.05) is 0 Å². The predicted molar refractivity (Wildman–Crippen MR) is 74.7 cm³/mol. The Morgan fingerprint density at radius 3 is 2.60 bits per heavy atom. The second kappa shape index (κ2) is 6.72. The summed E-state index contributed by atoms with van der Waals surface area (Å²) in [6.07, 6.45) is 0.569. The molecule has 0 radical (unpaired) electrons. The van der Waals surface area contributed by atoms with Crippen LogP contribution in [0.5, 0.6) is 5.75 Å². The van der Waals surface area contributed by atoms with E-state index in [0.29, 0.717) is 25.0 Å². The lowest BCUT2D eigenvalue weighted by Gasteiger charge is -2.12. The first-order valence-electron chi connectivity index (χ1n) is 6.96. The Bertz CT molecular complexity index is 446. The van der Waals surface area contributed by atoms with Crippen LogP contribution in [0.3, 0.4) is 0 Å². The molecule has 0 spiro atoms. The molecule has 1 saturated carbocycles. The summed E-state index contributed by atoms with van der Waals surface area (Å²) in [7, 11) is 0. The Morgan fingerprint density at radius 2 is 2.05 bits per heavy atom. The van der Waals surface area contributed by atoms with Crippen molar-refractivity contribution < 1.29 is 19.7 Å². The van der Waals surface area contributed by atoms with E-state index >= 15 is 0 Å². The lowest BCUT2D eigenvalue weighted by molar-refractivity contribution is 0.0903. The molecule has 1 aromatic rings. The average molecular weight is 279 g/mol. The molecular weight excluding hydrogens is 258 g/mol. The third-order valence-electron chi connectivity index (χ3n) is 3.65. The predicted octanol–water partition coefficient (Wildman–Crippen LogP) is 0.947. The van der Waals surface area contributed by atoms with Crippen molar-refractivity contribution in [2.75, 3.05) is 13.2 Å². The molecule has 0 aromatic heterocycles. The van der Waals surface area contributed by atoms with E-state index in [1.54, 1.807) is 24.3 Å². The van der Waals surface area contributed by atoms with Crippen molar-refractivity contribution in [1.29, 1.82) is 0 Å². The number of hydrogen-bond donors (Lipinski definition) is 3. The van der Waals surface area contributed by atoms with Gasteiger partial charge in [-0.15, -0.1) is 0 Å². The topological polar surface area (TPSA) is 78.8 Å². The largest absolute Gasteiger partial charge is 0.494 e. The van der Waals surface area contributed by atoms with Crippen molar-refractivity contribution in [1.82, 2.24) is 5.32 Å². The van der Waals surface area contributed by atoms with Crippen LogP contribution in [0.2, 0.25) is 0 Å².